The highest BCUT2D eigenvalue weighted by atomic mass is 16.4. The van der Waals surface area contributed by atoms with Crippen LogP contribution >= 0.6 is 0 Å². The molecule has 0 aromatic carbocycles. The van der Waals surface area contributed by atoms with Crippen molar-refractivity contribution in [3.05, 3.63) is 0 Å². The molecule has 0 amide bonds. The van der Waals surface area contributed by atoms with Crippen molar-refractivity contribution in [2.24, 2.45) is 11.8 Å². The Bertz CT molecular complexity index is 343. The van der Waals surface area contributed by atoms with Crippen LogP contribution < -0.4 is 0 Å². The fourth-order valence-electron chi connectivity index (χ4n) is 5.24. The average molecular weight is 279 g/mol. The molecule has 1 N–H and O–H groups in total. The van der Waals surface area contributed by atoms with Gasteiger partial charge in [-0.2, -0.15) is 0 Å². The van der Waals surface area contributed by atoms with Crippen molar-refractivity contribution in [1.29, 1.82) is 0 Å². The van der Waals surface area contributed by atoms with Crippen LogP contribution in [0.3, 0.4) is 0 Å². The van der Waals surface area contributed by atoms with E-state index >= 15 is 0 Å². The zero-order valence-electron chi connectivity index (χ0n) is 12.8. The molecule has 2 aliphatic heterocycles. The van der Waals surface area contributed by atoms with Gasteiger partial charge < -0.3 is 5.11 Å². The SMILES string of the molecule is CCC1CCCC(N2C3CCC2CC(CC(=O)O)C3)C1. The summed E-state index contributed by atoms with van der Waals surface area (Å²) in [5, 5.41) is 9.03. The van der Waals surface area contributed by atoms with Crippen LogP contribution in [0.15, 0.2) is 0 Å². The Labute approximate surface area is 122 Å². The van der Waals surface area contributed by atoms with Crippen LogP contribution in [0, 0.1) is 11.8 Å². The number of nitrogens with zero attached hydrogens (tertiary/aromatic N) is 1. The third-order valence-electron chi connectivity index (χ3n) is 6.10. The monoisotopic (exact) mass is 279 g/mol. The first-order valence-electron chi connectivity index (χ1n) is 8.66. The number of rotatable bonds is 4. The van der Waals surface area contributed by atoms with Gasteiger partial charge in [0.05, 0.1) is 0 Å². The average Bonchev–Trinajstić information content (AvgIpc) is 2.70. The van der Waals surface area contributed by atoms with Crippen molar-refractivity contribution in [2.75, 3.05) is 0 Å². The molecule has 2 heterocycles. The summed E-state index contributed by atoms with van der Waals surface area (Å²) in [5.74, 6) is 0.767. The van der Waals surface area contributed by atoms with E-state index in [1.54, 1.807) is 0 Å². The summed E-state index contributed by atoms with van der Waals surface area (Å²) in [6.45, 7) is 2.33. The predicted molar refractivity (Wildman–Crippen MR) is 79.7 cm³/mol. The van der Waals surface area contributed by atoms with E-state index in [1.165, 1.54) is 44.9 Å². The highest BCUT2D eigenvalue weighted by Crippen LogP contribution is 2.44. The lowest BCUT2D eigenvalue weighted by molar-refractivity contribution is -0.138. The number of carboxylic acid groups (broad SMARTS) is 1. The third kappa shape index (κ3) is 2.88. The first-order chi connectivity index (χ1) is 9.67. The summed E-state index contributed by atoms with van der Waals surface area (Å²) in [6.07, 6.45) is 12.2. The van der Waals surface area contributed by atoms with Gasteiger partial charge in [-0.1, -0.05) is 26.2 Å². The standard InChI is InChI=1S/C17H29NO2/c1-2-12-4-3-5-14(8-12)18-15-6-7-16(18)10-13(9-15)11-17(19)20/h12-16H,2-11H2,1H3,(H,19,20). The van der Waals surface area contributed by atoms with Gasteiger partial charge in [0, 0.05) is 24.5 Å². The summed E-state index contributed by atoms with van der Waals surface area (Å²) in [7, 11) is 0. The molecule has 3 fully saturated rings. The molecule has 2 bridgehead atoms. The molecule has 1 aliphatic carbocycles. The number of hydrogen-bond donors (Lipinski definition) is 1. The van der Waals surface area contributed by atoms with E-state index in [1.807, 2.05) is 0 Å². The van der Waals surface area contributed by atoms with E-state index in [2.05, 4.69) is 11.8 Å². The zero-order chi connectivity index (χ0) is 14.1. The molecule has 1 saturated carbocycles. The molecule has 4 atom stereocenters. The molecule has 3 nitrogen and oxygen atoms in total. The fourth-order valence-corrected chi connectivity index (χ4v) is 5.24. The number of aliphatic carboxylic acids is 1. The van der Waals surface area contributed by atoms with Gasteiger partial charge in [0.25, 0.3) is 0 Å². The number of fused-ring (bicyclic) bond motifs is 2. The Morgan fingerprint density at radius 1 is 1.00 bits per heavy atom. The maximum Gasteiger partial charge on any atom is 0.303 e. The zero-order valence-corrected chi connectivity index (χ0v) is 12.8. The van der Waals surface area contributed by atoms with Crippen molar-refractivity contribution in [3.63, 3.8) is 0 Å². The molecule has 20 heavy (non-hydrogen) atoms. The number of hydrogen-bond acceptors (Lipinski definition) is 2. The van der Waals surface area contributed by atoms with E-state index in [9.17, 15) is 4.79 Å². The van der Waals surface area contributed by atoms with E-state index in [0.29, 0.717) is 24.4 Å². The highest BCUT2D eigenvalue weighted by Gasteiger charge is 2.44. The predicted octanol–water partition coefficient (Wildman–Crippen LogP) is 3.67. The molecular formula is C17H29NO2. The minimum absolute atomic E-state index is 0.392. The normalized spacial score (nSPS) is 41.8. The van der Waals surface area contributed by atoms with Crippen LogP contribution in [-0.4, -0.2) is 34.1 Å². The van der Waals surface area contributed by atoms with Gasteiger partial charge in [-0.15, -0.1) is 0 Å². The molecule has 3 rings (SSSR count). The van der Waals surface area contributed by atoms with Crippen LogP contribution in [0.5, 0.6) is 0 Å². The second kappa shape index (κ2) is 6.05. The first kappa shape index (κ1) is 14.4. The van der Waals surface area contributed by atoms with Gasteiger partial charge in [-0.05, 0) is 50.4 Å². The van der Waals surface area contributed by atoms with Crippen molar-refractivity contribution in [2.45, 2.75) is 89.3 Å². The van der Waals surface area contributed by atoms with Crippen LogP contribution in [-0.2, 0) is 4.79 Å². The van der Waals surface area contributed by atoms with Gasteiger partial charge in [0.1, 0.15) is 0 Å². The van der Waals surface area contributed by atoms with E-state index in [-0.39, 0.29) is 0 Å². The van der Waals surface area contributed by atoms with Gasteiger partial charge in [0.15, 0.2) is 0 Å². The molecule has 0 radical (unpaired) electrons. The summed E-state index contributed by atoms with van der Waals surface area (Å²) >= 11 is 0. The van der Waals surface area contributed by atoms with Gasteiger partial charge in [-0.3, -0.25) is 9.69 Å². The van der Waals surface area contributed by atoms with Crippen molar-refractivity contribution in [1.82, 2.24) is 4.90 Å². The molecule has 3 aliphatic rings. The fraction of sp³-hybridized carbons (Fsp3) is 0.941. The molecule has 3 heteroatoms. The largest absolute Gasteiger partial charge is 0.481 e. The molecule has 114 valence electrons. The van der Waals surface area contributed by atoms with Crippen LogP contribution in [0.2, 0.25) is 0 Å². The smallest absolute Gasteiger partial charge is 0.303 e. The molecular weight excluding hydrogens is 250 g/mol. The third-order valence-corrected chi connectivity index (χ3v) is 6.10. The lowest BCUT2D eigenvalue weighted by Crippen LogP contribution is -2.50. The summed E-state index contributed by atoms with van der Waals surface area (Å²) in [4.78, 5) is 13.8. The van der Waals surface area contributed by atoms with E-state index in [4.69, 9.17) is 5.11 Å². The Hall–Kier alpha value is -0.570. The Morgan fingerprint density at radius 2 is 1.60 bits per heavy atom. The van der Waals surface area contributed by atoms with Crippen molar-refractivity contribution >= 4 is 5.97 Å². The minimum atomic E-state index is -0.605. The van der Waals surface area contributed by atoms with Crippen LogP contribution in [0.25, 0.3) is 0 Å². The summed E-state index contributed by atoms with van der Waals surface area (Å²) in [5.41, 5.74) is 0. The molecule has 0 spiro atoms. The van der Waals surface area contributed by atoms with Crippen molar-refractivity contribution < 1.29 is 9.90 Å². The van der Waals surface area contributed by atoms with Crippen LogP contribution in [0.4, 0.5) is 0 Å². The summed E-state index contributed by atoms with van der Waals surface area (Å²) in [6, 6.07) is 2.19. The van der Waals surface area contributed by atoms with E-state index in [0.717, 1.165) is 24.8 Å². The van der Waals surface area contributed by atoms with Gasteiger partial charge >= 0.3 is 5.97 Å². The minimum Gasteiger partial charge on any atom is -0.481 e. The number of carboxylic acids is 1. The Morgan fingerprint density at radius 3 is 2.20 bits per heavy atom. The summed E-state index contributed by atoms with van der Waals surface area (Å²) < 4.78 is 0. The molecule has 2 saturated heterocycles. The number of piperidine rings is 1. The Kier molecular flexibility index (Phi) is 4.34. The Balaban J connectivity index is 1.63. The maximum atomic E-state index is 11.0. The molecule has 4 unspecified atom stereocenters. The second-order valence-electron chi connectivity index (χ2n) is 7.36. The molecule has 0 aromatic heterocycles. The van der Waals surface area contributed by atoms with Crippen LogP contribution in [0.1, 0.15) is 71.1 Å². The quantitative estimate of drug-likeness (QED) is 0.853. The maximum absolute atomic E-state index is 11.0. The second-order valence-corrected chi connectivity index (χ2v) is 7.36. The topological polar surface area (TPSA) is 40.5 Å². The molecule has 0 aromatic rings. The van der Waals surface area contributed by atoms with E-state index < -0.39 is 5.97 Å². The first-order valence-corrected chi connectivity index (χ1v) is 8.66. The lowest BCUT2D eigenvalue weighted by Gasteiger charge is -2.46. The van der Waals surface area contributed by atoms with Crippen molar-refractivity contribution in [3.8, 4) is 0 Å². The number of carbonyl (C=O) groups is 1. The van der Waals surface area contributed by atoms with Gasteiger partial charge in [0.2, 0.25) is 0 Å². The lowest BCUT2D eigenvalue weighted by atomic mass is 9.80. The van der Waals surface area contributed by atoms with Gasteiger partial charge in [-0.25, -0.2) is 0 Å². The highest BCUT2D eigenvalue weighted by molar-refractivity contribution is 5.67.